The van der Waals surface area contributed by atoms with Gasteiger partial charge in [-0.15, -0.1) is 0 Å². The number of hydrogen-bond donors (Lipinski definition) is 2. The van der Waals surface area contributed by atoms with Gasteiger partial charge in [0.15, 0.2) is 0 Å². The second-order valence-electron chi connectivity index (χ2n) is 6.95. The van der Waals surface area contributed by atoms with Gasteiger partial charge in [-0.05, 0) is 48.7 Å². The molecule has 1 atom stereocenters. The van der Waals surface area contributed by atoms with Crippen molar-refractivity contribution in [1.29, 1.82) is 0 Å². The number of carbonyl (C=O) groups is 2. The number of aliphatic carboxylic acids is 1. The molecule has 0 fully saturated rings. The molecule has 0 aliphatic carbocycles. The predicted molar refractivity (Wildman–Crippen MR) is 106 cm³/mol. The molecule has 2 aliphatic rings. The van der Waals surface area contributed by atoms with Gasteiger partial charge >= 0.3 is 12.1 Å². The van der Waals surface area contributed by atoms with Crippen LogP contribution in [0.5, 0.6) is 11.5 Å². The molecule has 1 amide bonds. The molecule has 4 rings (SSSR count). The monoisotopic (exact) mass is 457 g/mol. The van der Waals surface area contributed by atoms with E-state index >= 15 is 0 Å². The minimum Gasteiger partial charge on any atom is -0.493 e. The number of carbonyl (C=O) groups excluding carboxylic acids is 1. The molecule has 2 aromatic carbocycles. The molecule has 2 aromatic rings. The summed E-state index contributed by atoms with van der Waals surface area (Å²) in [6.45, 7) is 0.463. The summed E-state index contributed by atoms with van der Waals surface area (Å²) in [4.78, 5) is 24.4. The number of carboxylic acids is 1. The van der Waals surface area contributed by atoms with Gasteiger partial charge in [0.25, 0.3) is 5.91 Å². The smallest absolute Gasteiger partial charge is 0.416 e. The van der Waals surface area contributed by atoms with E-state index in [1.165, 1.54) is 6.07 Å². The molecule has 0 radical (unpaired) electrons. The van der Waals surface area contributed by atoms with Crippen LogP contribution in [0.15, 0.2) is 36.4 Å². The minimum absolute atomic E-state index is 0.0611. The fourth-order valence-corrected chi connectivity index (χ4v) is 3.30. The van der Waals surface area contributed by atoms with E-state index in [9.17, 15) is 27.9 Å². The van der Waals surface area contributed by atoms with Crippen molar-refractivity contribution in [3.8, 4) is 11.5 Å². The van der Waals surface area contributed by atoms with Gasteiger partial charge in [0.05, 0.1) is 29.4 Å². The molecular weight excluding hydrogens is 439 g/mol. The van der Waals surface area contributed by atoms with Gasteiger partial charge in [-0.2, -0.15) is 13.2 Å². The van der Waals surface area contributed by atoms with Crippen molar-refractivity contribution in [1.82, 2.24) is 5.32 Å². The predicted octanol–water partition coefficient (Wildman–Crippen LogP) is 4.34. The van der Waals surface area contributed by atoms with Crippen LogP contribution in [-0.2, 0) is 17.4 Å². The summed E-state index contributed by atoms with van der Waals surface area (Å²) in [5.41, 5.74) is -0.919. The van der Waals surface area contributed by atoms with E-state index in [-0.39, 0.29) is 23.8 Å². The van der Waals surface area contributed by atoms with Crippen LogP contribution in [-0.4, -0.2) is 36.2 Å². The van der Waals surface area contributed by atoms with E-state index < -0.39 is 35.2 Å². The zero-order chi connectivity index (χ0) is 22.6. The molecular formula is C21H19ClF3NO5. The molecule has 166 valence electrons. The SMILES string of the molecule is O=C1N[C@H](C(=O)O)Cc2ccc(c(Cl)c2)OCCCCOc2ccc(C(F)(F)F)cc21. The fourth-order valence-electron chi connectivity index (χ4n) is 3.04. The maximum absolute atomic E-state index is 13.1. The number of rotatable bonds is 1. The van der Waals surface area contributed by atoms with E-state index in [1.807, 2.05) is 0 Å². The zero-order valence-electron chi connectivity index (χ0n) is 16.2. The lowest BCUT2D eigenvalue weighted by Crippen LogP contribution is -2.42. The minimum atomic E-state index is -4.67. The van der Waals surface area contributed by atoms with Crippen molar-refractivity contribution >= 4 is 23.5 Å². The van der Waals surface area contributed by atoms with Crippen LogP contribution in [0.3, 0.4) is 0 Å². The third-order valence-corrected chi connectivity index (χ3v) is 4.94. The van der Waals surface area contributed by atoms with Gasteiger partial charge in [0.2, 0.25) is 0 Å². The summed E-state index contributed by atoms with van der Waals surface area (Å²) in [6.07, 6.45) is -3.71. The molecule has 31 heavy (non-hydrogen) atoms. The molecule has 0 saturated heterocycles. The standard InChI is InChI=1S/C21H19ClF3NO5/c22-15-9-12-3-5-18(15)31-8-2-1-7-30-17-6-4-13(21(23,24)25)11-14(17)19(27)26-16(10-12)20(28)29/h3-6,9,11,16H,1-2,7-8,10H2,(H,26,27)(H,28,29)/t16-/m0/s1. The van der Waals surface area contributed by atoms with Crippen LogP contribution in [0.25, 0.3) is 0 Å². The van der Waals surface area contributed by atoms with Crippen molar-refractivity contribution in [2.45, 2.75) is 31.5 Å². The molecule has 2 N–H and O–H groups in total. The first-order chi connectivity index (χ1) is 14.6. The molecule has 2 bridgehead atoms. The van der Waals surface area contributed by atoms with Crippen LogP contribution in [0.4, 0.5) is 13.2 Å². The van der Waals surface area contributed by atoms with Crippen LogP contribution < -0.4 is 14.8 Å². The Morgan fingerprint density at radius 2 is 1.71 bits per heavy atom. The lowest BCUT2D eigenvalue weighted by molar-refractivity contribution is -0.139. The summed E-state index contributed by atoms with van der Waals surface area (Å²) in [7, 11) is 0. The van der Waals surface area contributed by atoms with Crippen LogP contribution in [0.1, 0.15) is 34.3 Å². The number of nitrogens with one attached hydrogen (secondary N) is 1. The maximum Gasteiger partial charge on any atom is 0.416 e. The largest absolute Gasteiger partial charge is 0.493 e. The highest BCUT2D eigenvalue weighted by Crippen LogP contribution is 2.33. The number of amides is 1. The maximum atomic E-state index is 13.1. The van der Waals surface area contributed by atoms with Crippen molar-refractivity contribution < 1.29 is 37.3 Å². The first-order valence-electron chi connectivity index (χ1n) is 9.44. The second kappa shape index (κ2) is 9.47. The van der Waals surface area contributed by atoms with Crippen LogP contribution in [0, 0.1) is 0 Å². The summed E-state index contributed by atoms with van der Waals surface area (Å²) in [5, 5.41) is 12.1. The summed E-state index contributed by atoms with van der Waals surface area (Å²) in [6, 6.07) is 5.88. The first kappa shape index (κ1) is 22.7. The Morgan fingerprint density at radius 1 is 1.06 bits per heavy atom. The number of alkyl halides is 3. The summed E-state index contributed by atoms with van der Waals surface area (Å²) < 4.78 is 50.5. The molecule has 0 spiro atoms. The number of fused-ring (bicyclic) bond motifs is 10. The number of hydrogen-bond acceptors (Lipinski definition) is 4. The van der Waals surface area contributed by atoms with Gasteiger partial charge in [-0.1, -0.05) is 17.7 Å². The average molecular weight is 458 g/mol. The van der Waals surface area contributed by atoms with E-state index in [0.717, 1.165) is 12.1 Å². The van der Waals surface area contributed by atoms with Crippen molar-refractivity contribution in [3.05, 3.63) is 58.1 Å². The Bertz CT molecular complexity index is 980. The number of halogens is 4. The highest BCUT2D eigenvalue weighted by Gasteiger charge is 2.33. The third kappa shape index (κ3) is 5.81. The van der Waals surface area contributed by atoms with Gasteiger partial charge < -0.3 is 19.9 Å². The Morgan fingerprint density at radius 3 is 2.32 bits per heavy atom. The molecule has 6 nitrogen and oxygen atoms in total. The normalized spacial score (nSPS) is 17.8. The molecule has 0 aromatic heterocycles. The lowest BCUT2D eigenvalue weighted by atomic mass is 10.0. The van der Waals surface area contributed by atoms with Crippen molar-refractivity contribution in [3.63, 3.8) is 0 Å². The Labute approximate surface area is 180 Å². The molecule has 10 heteroatoms. The van der Waals surface area contributed by atoms with Crippen LogP contribution in [0.2, 0.25) is 5.02 Å². The van der Waals surface area contributed by atoms with E-state index in [0.29, 0.717) is 36.8 Å². The number of benzene rings is 2. The van der Waals surface area contributed by atoms with Crippen molar-refractivity contribution in [2.24, 2.45) is 0 Å². The Kier molecular flexibility index (Phi) is 6.94. The zero-order valence-corrected chi connectivity index (χ0v) is 16.9. The van der Waals surface area contributed by atoms with Gasteiger partial charge in [-0.3, -0.25) is 4.79 Å². The first-order valence-corrected chi connectivity index (χ1v) is 9.82. The fraction of sp³-hybridized carbons (Fsp3) is 0.333. The van der Waals surface area contributed by atoms with Gasteiger partial charge in [0, 0.05) is 6.42 Å². The highest BCUT2D eigenvalue weighted by molar-refractivity contribution is 6.32. The Balaban J connectivity index is 1.97. The van der Waals surface area contributed by atoms with Gasteiger partial charge in [0.1, 0.15) is 17.5 Å². The van der Waals surface area contributed by atoms with E-state index in [1.54, 1.807) is 12.1 Å². The Hall–Kier alpha value is -2.94. The van der Waals surface area contributed by atoms with Crippen LogP contribution >= 0.6 is 11.6 Å². The second-order valence-corrected chi connectivity index (χ2v) is 7.35. The quantitative estimate of drug-likeness (QED) is 0.665. The molecule has 0 unspecified atom stereocenters. The third-order valence-electron chi connectivity index (χ3n) is 4.64. The molecule has 2 heterocycles. The average Bonchev–Trinajstić information content (AvgIpc) is 2.69. The topological polar surface area (TPSA) is 84.9 Å². The summed E-state index contributed by atoms with van der Waals surface area (Å²) in [5.74, 6) is -1.94. The highest BCUT2D eigenvalue weighted by atomic mass is 35.5. The van der Waals surface area contributed by atoms with Gasteiger partial charge in [-0.25, -0.2) is 4.79 Å². The number of carboxylic acid groups (broad SMARTS) is 1. The molecule has 0 saturated carbocycles. The van der Waals surface area contributed by atoms with Crippen molar-refractivity contribution in [2.75, 3.05) is 13.2 Å². The lowest BCUT2D eigenvalue weighted by Gasteiger charge is -2.19. The summed E-state index contributed by atoms with van der Waals surface area (Å²) >= 11 is 6.19. The van der Waals surface area contributed by atoms with E-state index in [2.05, 4.69) is 5.32 Å². The van der Waals surface area contributed by atoms with E-state index in [4.69, 9.17) is 21.1 Å². The number of ether oxygens (including phenoxy) is 2. The molecule has 2 aliphatic heterocycles.